The number of carbonyl (C=O) groups excluding carboxylic acids is 1. The van der Waals surface area contributed by atoms with Crippen molar-refractivity contribution in [2.24, 2.45) is 0 Å². The van der Waals surface area contributed by atoms with Crippen LogP contribution in [0.5, 0.6) is 0 Å². The highest BCUT2D eigenvalue weighted by Crippen LogP contribution is 2.22. The number of furan rings is 1. The maximum atomic E-state index is 12.7. The molecule has 0 aliphatic rings. The molecule has 0 fully saturated rings. The monoisotopic (exact) mass is 369 g/mol. The fraction of sp³-hybridized carbons (Fsp3) is 0.350. The van der Waals surface area contributed by atoms with Crippen LogP contribution in [0.25, 0.3) is 0 Å². The Hall–Kier alpha value is -2.34. The summed E-state index contributed by atoms with van der Waals surface area (Å²) in [6.45, 7) is 10.6. The lowest BCUT2D eigenvalue weighted by molar-refractivity contribution is 0.102. The molecule has 0 bridgehead atoms. The van der Waals surface area contributed by atoms with Crippen LogP contribution in [-0.2, 0) is 6.54 Å². The Morgan fingerprint density at radius 2 is 1.85 bits per heavy atom. The third-order valence-corrected chi connectivity index (χ3v) is 5.56. The lowest BCUT2D eigenvalue weighted by atomic mass is 10.2. The molecule has 3 heterocycles. The fourth-order valence-electron chi connectivity index (χ4n) is 2.90. The molecule has 0 radical (unpaired) electrons. The maximum Gasteiger partial charge on any atom is 0.188 e. The summed E-state index contributed by atoms with van der Waals surface area (Å²) in [5.41, 5.74) is 5.78. The van der Waals surface area contributed by atoms with Crippen LogP contribution in [0, 0.1) is 34.6 Å². The average Bonchev–Trinajstić information content (AvgIpc) is 3.21. The zero-order valence-electron chi connectivity index (χ0n) is 15.8. The van der Waals surface area contributed by atoms with E-state index >= 15 is 0 Å². The fourth-order valence-corrected chi connectivity index (χ4v) is 3.72. The lowest BCUT2D eigenvalue weighted by Gasteiger charge is -2.08. The Labute approximate surface area is 157 Å². The molecular formula is C20H23N3O2S. The van der Waals surface area contributed by atoms with Gasteiger partial charge >= 0.3 is 0 Å². The van der Waals surface area contributed by atoms with Gasteiger partial charge in [-0.05, 0) is 58.4 Å². The molecule has 0 aromatic carbocycles. The molecule has 6 heteroatoms. The molecule has 0 saturated carbocycles. The van der Waals surface area contributed by atoms with Gasteiger partial charge in [0.15, 0.2) is 10.9 Å². The second kappa shape index (κ2) is 7.50. The number of ketones is 1. The van der Waals surface area contributed by atoms with Crippen molar-refractivity contribution in [2.75, 3.05) is 5.75 Å². The summed E-state index contributed by atoms with van der Waals surface area (Å²) in [5.74, 6) is 1.29. The second-order valence-corrected chi connectivity index (χ2v) is 7.41. The Morgan fingerprint density at radius 1 is 1.15 bits per heavy atom. The summed E-state index contributed by atoms with van der Waals surface area (Å²) in [4.78, 5) is 21.7. The van der Waals surface area contributed by atoms with Crippen LogP contribution < -0.4 is 0 Å². The zero-order valence-corrected chi connectivity index (χ0v) is 16.6. The molecule has 0 N–H and O–H groups in total. The first kappa shape index (κ1) is 18.5. The predicted octanol–water partition coefficient (Wildman–Crippen LogP) is 4.44. The van der Waals surface area contributed by atoms with E-state index < -0.39 is 0 Å². The van der Waals surface area contributed by atoms with Crippen LogP contribution in [0.15, 0.2) is 34.0 Å². The molecule has 0 aliphatic carbocycles. The van der Waals surface area contributed by atoms with Crippen LogP contribution >= 0.6 is 11.8 Å². The van der Waals surface area contributed by atoms with Crippen LogP contribution in [0.3, 0.4) is 0 Å². The minimum atomic E-state index is 0.0910. The van der Waals surface area contributed by atoms with Gasteiger partial charge in [0.05, 0.1) is 18.6 Å². The van der Waals surface area contributed by atoms with Crippen molar-refractivity contribution >= 4 is 17.5 Å². The third kappa shape index (κ3) is 3.75. The van der Waals surface area contributed by atoms with E-state index in [9.17, 15) is 4.79 Å². The van der Waals surface area contributed by atoms with Crippen LogP contribution in [-0.4, -0.2) is 26.1 Å². The minimum Gasteiger partial charge on any atom is -0.467 e. The number of rotatable bonds is 6. The first-order chi connectivity index (χ1) is 12.4. The molecule has 0 amide bonds. The smallest absolute Gasteiger partial charge is 0.188 e. The average molecular weight is 369 g/mol. The minimum absolute atomic E-state index is 0.0910. The predicted molar refractivity (Wildman–Crippen MR) is 103 cm³/mol. The van der Waals surface area contributed by atoms with E-state index in [2.05, 4.69) is 14.5 Å². The Bertz CT molecular complexity index is 919. The molecule has 0 saturated heterocycles. The van der Waals surface area contributed by atoms with Gasteiger partial charge < -0.3 is 8.98 Å². The lowest BCUT2D eigenvalue weighted by Crippen LogP contribution is -2.08. The van der Waals surface area contributed by atoms with E-state index in [1.54, 1.807) is 6.26 Å². The number of aromatic nitrogens is 3. The summed E-state index contributed by atoms with van der Waals surface area (Å²) in [6, 6.07) is 5.76. The van der Waals surface area contributed by atoms with Crippen LogP contribution in [0.4, 0.5) is 0 Å². The van der Waals surface area contributed by atoms with Gasteiger partial charge in [-0.15, -0.1) is 0 Å². The Kier molecular flexibility index (Phi) is 5.32. The van der Waals surface area contributed by atoms with Crippen molar-refractivity contribution in [2.45, 2.75) is 46.3 Å². The summed E-state index contributed by atoms with van der Waals surface area (Å²) in [5, 5.41) is 0.656. The van der Waals surface area contributed by atoms with Crippen LogP contribution in [0.1, 0.15) is 44.5 Å². The molecule has 3 aromatic rings. The zero-order chi connectivity index (χ0) is 18.8. The van der Waals surface area contributed by atoms with Crippen molar-refractivity contribution in [3.63, 3.8) is 0 Å². The van der Waals surface area contributed by atoms with E-state index in [4.69, 9.17) is 4.42 Å². The van der Waals surface area contributed by atoms with Crippen molar-refractivity contribution < 1.29 is 9.21 Å². The molecule has 0 spiro atoms. The molecule has 136 valence electrons. The Morgan fingerprint density at radius 3 is 2.46 bits per heavy atom. The van der Waals surface area contributed by atoms with Gasteiger partial charge in [0.1, 0.15) is 5.76 Å². The van der Waals surface area contributed by atoms with E-state index in [0.717, 1.165) is 39.7 Å². The molecule has 0 aliphatic heterocycles. The van der Waals surface area contributed by atoms with Gasteiger partial charge in [-0.1, -0.05) is 11.8 Å². The topological polar surface area (TPSA) is 60.9 Å². The molecule has 0 unspecified atom stereocenters. The van der Waals surface area contributed by atoms with Gasteiger partial charge in [0.25, 0.3) is 0 Å². The van der Waals surface area contributed by atoms with Gasteiger partial charge in [-0.25, -0.2) is 9.97 Å². The van der Waals surface area contributed by atoms with E-state index in [1.165, 1.54) is 11.8 Å². The largest absolute Gasteiger partial charge is 0.467 e. The molecule has 3 aromatic heterocycles. The summed E-state index contributed by atoms with van der Waals surface area (Å²) < 4.78 is 7.53. The van der Waals surface area contributed by atoms with Crippen LogP contribution in [0.2, 0.25) is 0 Å². The Balaban J connectivity index is 1.74. The van der Waals surface area contributed by atoms with Crippen molar-refractivity contribution in [3.8, 4) is 0 Å². The third-order valence-electron chi connectivity index (χ3n) is 4.71. The van der Waals surface area contributed by atoms with E-state index in [0.29, 0.717) is 17.5 Å². The van der Waals surface area contributed by atoms with Crippen molar-refractivity contribution in [1.29, 1.82) is 0 Å². The highest BCUT2D eigenvalue weighted by molar-refractivity contribution is 7.99. The number of hydrogen-bond donors (Lipinski definition) is 0. The second-order valence-electron chi connectivity index (χ2n) is 6.46. The first-order valence-corrected chi connectivity index (χ1v) is 9.52. The normalized spacial score (nSPS) is 11.1. The standard InChI is InChI=1S/C20H23N3O2S/c1-12-9-18(16(5)23(12)10-17-7-6-8-25-17)19(24)11-26-20-21-14(3)13(2)15(4)22-20/h6-9H,10-11H2,1-5H3. The quantitative estimate of drug-likeness (QED) is 0.365. The summed E-state index contributed by atoms with van der Waals surface area (Å²) >= 11 is 1.39. The molecular weight excluding hydrogens is 346 g/mol. The summed E-state index contributed by atoms with van der Waals surface area (Å²) in [7, 11) is 0. The highest BCUT2D eigenvalue weighted by Gasteiger charge is 2.17. The van der Waals surface area contributed by atoms with E-state index in [-0.39, 0.29) is 5.78 Å². The number of aryl methyl sites for hydroxylation is 3. The summed E-state index contributed by atoms with van der Waals surface area (Å²) in [6.07, 6.45) is 1.66. The molecule has 26 heavy (non-hydrogen) atoms. The molecule has 5 nitrogen and oxygen atoms in total. The highest BCUT2D eigenvalue weighted by atomic mass is 32.2. The van der Waals surface area contributed by atoms with Gasteiger partial charge in [-0.2, -0.15) is 0 Å². The number of carbonyl (C=O) groups is 1. The van der Waals surface area contributed by atoms with Crippen molar-refractivity contribution in [1.82, 2.24) is 14.5 Å². The van der Waals surface area contributed by atoms with Crippen molar-refractivity contribution in [3.05, 3.63) is 64.1 Å². The SMILES string of the molecule is Cc1nc(SCC(=O)c2cc(C)n(Cc3ccco3)c2C)nc(C)c1C. The number of hydrogen-bond acceptors (Lipinski definition) is 5. The van der Waals surface area contributed by atoms with E-state index in [1.807, 2.05) is 52.8 Å². The number of thioether (sulfide) groups is 1. The van der Waals surface area contributed by atoms with Gasteiger partial charge in [0.2, 0.25) is 0 Å². The van der Waals surface area contributed by atoms with Gasteiger partial charge in [0, 0.05) is 28.3 Å². The maximum absolute atomic E-state index is 12.7. The number of Topliss-reactive ketones (excluding diaryl/α,β-unsaturated/α-hetero) is 1. The molecule has 0 atom stereocenters. The van der Waals surface area contributed by atoms with Gasteiger partial charge in [-0.3, -0.25) is 4.79 Å². The number of nitrogens with zero attached hydrogens (tertiary/aromatic N) is 3. The first-order valence-electron chi connectivity index (χ1n) is 8.53. The molecule has 3 rings (SSSR count).